The van der Waals surface area contributed by atoms with Crippen LogP contribution in [0.4, 0.5) is 43.5 Å². The number of aromatic nitrogens is 3. The first-order valence-electron chi connectivity index (χ1n) is 11.3. The number of benzene rings is 2. The lowest BCUT2D eigenvalue weighted by Crippen LogP contribution is -2.31. The van der Waals surface area contributed by atoms with Crippen LogP contribution in [0.25, 0.3) is 17.0 Å². The Balaban J connectivity index is 1.72. The number of nitrogens with zero attached hydrogens (tertiary/aromatic N) is 4. The Hall–Kier alpha value is -4.40. The molecule has 1 N–H and O–H groups in total. The minimum atomic E-state index is -4.77. The van der Waals surface area contributed by atoms with Gasteiger partial charge in [0.15, 0.2) is 0 Å². The Morgan fingerprint density at radius 3 is 2.27 bits per heavy atom. The number of fused-ring (bicyclic) bond motifs is 2. The maximum Gasteiger partial charge on any atom is 0.433 e. The summed E-state index contributed by atoms with van der Waals surface area (Å²) in [6.45, 7) is 4.79. The van der Waals surface area contributed by atoms with E-state index in [1.807, 2.05) is 0 Å². The summed E-state index contributed by atoms with van der Waals surface area (Å²) in [5, 5.41) is 6.65. The summed E-state index contributed by atoms with van der Waals surface area (Å²) in [5.74, 6) is -0.251. The molecule has 0 unspecified atom stereocenters. The summed E-state index contributed by atoms with van der Waals surface area (Å²) in [4.78, 5) is 7.40. The second kappa shape index (κ2) is 9.36. The molecule has 0 fully saturated rings. The maximum atomic E-state index is 13.9. The molecule has 1 aliphatic rings. The molecular weight excluding hydrogens is 564 g/mol. The van der Waals surface area contributed by atoms with Gasteiger partial charge in [0, 0.05) is 16.7 Å². The zero-order chi connectivity index (χ0) is 29.0. The SMILES string of the molecule is C=C(C)c1nc(-c2cccc3c2N(S(=O)(=O)c2ccc(C(F)(F)F)cc2)Cc2ccc(C(F)(F)F)nc2N3)no1. The summed E-state index contributed by atoms with van der Waals surface area (Å²) >= 11 is 0. The molecule has 0 saturated heterocycles. The number of allylic oxidation sites excluding steroid dienone is 1. The van der Waals surface area contributed by atoms with Crippen LogP contribution in [0.2, 0.25) is 0 Å². The molecule has 0 amide bonds. The van der Waals surface area contributed by atoms with Crippen molar-refractivity contribution in [1.29, 1.82) is 0 Å². The zero-order valence-electron chi connectivity index (χ0n) is 20.3. The molecule has 0 saturated carbocycles. The van der Waals surface area contributed by atoms with Crippen molar-refractivity contribution in [3.63, 3.8) is 0 Å². The smallest absolute Gasteiger partial charge is 0.338 e. The van der Waals surface area contributed by atoms with Gasteiger partial charge >= 0.3 is 12.4 Å². The fraction of sp³-hybridized carbons (Fsp3) is 0.160. The lowest BCUT2D eigenvalue weighted by atomic mass is 10.1. The van der Waals surface area contributed by atoms with E-state index in [2.05, 4.69) is 27.0 Å². The fourth-order valence-electron chi connectivity index (χ4n) is 3.99. The average Bonchev–Trinajstić information content (AvgIpc) is 3.31. The molecule has 2 aromatic carbocycles. The van der Waals surface area contributed by atoms with Crippen molar-refractivity contribution >= 4 is 32.8 Å². The Morgan fingerprint density at radius 1 is 0.975 bits per heavy atom. The quantitative estimate of drug-likeness (QED) is 0.269. The van der Waals surface area contributed by atoms with Crippen molar-refractivity contribution in [1.82, 2.24) is 15.1 Å². The van der Waals surface area contributed by atoms with Crippen molar-refractivity contribution in [2.24, 2.45) is 0 Å². The van der Waals surface area contributed by atoms with E-state index in [1.54, 1.807) is 6.92 Å². The van der Waals surface area contributed by atoms with Crippen LogP contribution >= 0.6 is 0 Å². The largest absolute Gasteiger partial charge is 0.433 e. The molecule has 8 nitrogen and oxygen atoms in total. The molecule has 1 aliphatic heterocycles. The number of alkyl halides is 6. The van der Waals surface area contributed by atoms with Crippen molar-refractivity contribution in [3.05, 3.63) is 83.9 Å². The highest BCUT2D eigenvalue weighted by Crippen LogP contribution is 2.44. The van der Waals surface area contributed by atoms with Gasteiger partial charge in [-0.25, -0.2) is 13.4 Å². The second-order valence-corrected chi connectivity index (χ2v) is 10.6. The topological polar surface area (TPSA) is 101 Å². The third kappa shape index (κ3) is 4.87. The Morgan fingerprint density at radius 2 is 1.68 bits per heavy atom. The number of sulfonamides is 1. The van der Waals surface area contributed by atoms with Crippen LogP contribution in [0.15, 0.2) is 70.6 Å². The van der Waals surface area contributed by atoms with Crippen LogP contribution < -0.4 is 9.62 Å². The molecule has 0 aliphatic carbocycles. The monoisotopic (exact) mass is 581 g/mol. The molecule has 208 valence electrons. The Labute approximate surface area is 223 Å². The molecule has 40 heavy (non-hydrogen) atoms. The predicted octanol–water partition coefficient (Wildman–Crippen LogP) is 6.65. The average molecular weight is 581 g/mol. The standard InChI is InChI=1S/C25H17F6N5O3S/c1-13(2)23-34-22(35-39-23)17-4-3-5-18-20(17)36(12-14-6-11-19(25(29,30)31)33-21(14)32-18)40(37,38)16-9-7-15(8-10-16)24(26,27)28/h3-11H,1,12H2,2H3,(H,32,33). The fourth-order valence-corrected chi connectivity index (χ4v) is 5.47. The van der Waals surface area contributed by atoms with E-state index in [4.69, 9.17) is 4.52 Å². The first-order chi connectivity index (χ1) is 18.7. The first-order valence-corrected chi connectivity index (χ1v) is 12.8. The molecule has 4 aromatic rings. The van der Waals surface area contributed by atoms with E-state index in [0.717, 1.165) is 22.5 Å². The minimum Gasteiger partial charge on any atom is -0.338 e. The van der Waals surface area contributed by atoms with Gasteiger partial charge in [0.2, 0.25) is 5.82 Å². The van der Waals surface area contributed by atoms with Crippen LogP contribution in [0.5, 0.6) is 0 Å². The lowest BCUT2D eigenvalue weighted by Gasteiger charge is -2.26. The maximum absolute atomic E-state index is 13.9. The van der Waals surface area contributed by atoms with Crippen molar-refractivity contribution < 1.29 is 39.3 Å². The number of para-hydroxylation sites is 1. The molecule has 15 heteroatoms. The van der Waals surface area contributed by atoms with E-state index in [1.165, 1.54) is 18.2 Å². The number of hydrogen-bond donors (Lipinski definition) is 1. The Bertz CT molecular complexity index is 1730. The highest BCUT2D eigenvalue weighted by atomic mass is 32.2. The van der Waals surface area contributed by atoms with Gasteiger partial charge in [0.1, 0.15) is 11.5 Å². The van der Waals surface area contributed by atoms with E-state index in [9.17, 15) is 34.8 Å². The van der Waals surface area contributed by atoms with Crippen molar-refractivity contribution in [3.8, 4) is 11.4 Å². The normalized spacial score (nSPS) is 13.7. The van der Waals surface area contributed by atoms with Gasteiger partial charge in [-0.1, -0.05) is 23.9 Å². The van der Waals surface area contributed by atoms with Gasteiger partial charge in [-0.05, 0) is 49.4 Å². The molecule has 2 aromatic heterocycles. The van der Waals surface area contributed by atoms with Gasteiger partial charge in [-0.15, -0.1) is 0 Å². The van der Waals surface area contributed by atoms with Gasteiger partial charge in [0.25, 0.3) is 15.9 Å². The van der Waals surface area contributed by atoms with Gasteiger partial charge in [-0.3, -0.25) is 4.31 Å². The van der Waals surface area contributed by atoms with Crippen LogP contribution in [0.1, 0.15) is 29.6 Å². The summed E-state index contributed by atoms with van der Waals surface area (Å²) in [5.41, 5.74) is -1.71. The summed E-state index contributed by atoms with van der Waals surface area (Å²) in [6, 6.07) is 9.00. The first kappa shape index (κ1) is 27.2. The van der Waals surface area contributed by atoms with Crippen LogP contribution in [0, 0.1) is 0 Å². The van der Waals surface area contributed by atoms with Gasteiger partial charge in [-0.2, -0.15) is 31.3 Å². The van der Waals surface area contributed by atoms with E-state index < -0.39 is 45.1 Å². The summed E-state index contributed by atoms with van der Waals surface area (Å²) in [6.07, 6.45) is -9.47. The van der Waals surface area contributed by atoms with Crippen LogP contribution in [0.3, 0.4) is 0 Å². The number of rotatable bonds is 4. The molecule has 0 spiro atoms. The number of hydrogen-bond acceptors (Lipinski definition) is 7. The molecular formula is C25H17F6N5O3S. The highest BCUT2D eigenvalue weighted by Gasteiger charge is 2.37. The number of pyridine rings is 1. The highest BCUT2D eigenvalue weighted by molar-refractivity contribution is 7.92. The predicted molar refractivity (Wildman–Crippen MR) is 132 cm³/mol. The lowest BCUT2D eigenvalue weighted by molar-refractivity contribution is -0.141. The molecule has 0 bridgehead atoms. The van der Waals surface area contributed by atoms with Crippen LogP contribution in [-0.4, -0.2) is 23.5 Å². The summed E-state index contributed by atoms with van der Waals surface area (Å²) < 4.78 is 113. The number of nitrogens with one attached hydrogen (secondary N) is 1. The van der Waals surface area contributed by atoms with Gasteiger partial charge < -0.3 is 9.84 Å². The zero-order valence-corrected chi connectivity index (χ0v) is 21.1. The molecule has 0 radical (unpaired) electrons. The van der Waals surface area contributed by atoms with E-state index in [0.29, 0.717) is 23.8 Å². The molecule has 5 rings (SSSR count). The second-order valence-electron chi connectivity index (χ2n) is 8.77. The van der Waals surface area contributed by atoms with Crippen LogP contribution in [-0.2, 0) is 28.9 Å². The third-order valence-electron chi connectivity index (χ3n) is 5.92. The minimum absolute atomic E-state index is 0.0280. The van der Waals surface area contributed by atoms with E-state index in [-0.39, 0.29) is 40.0 Å². The molecule has 0 atom stereocenters. The van der Waals surface area contributed by atoms with Gasteiger partial charge in [0.05, 0.1) is 28.4 Å². The Kier molecular flexibility index (Phi) is 6.36. The third-order valence-corrected chi connectivity index (χ3v) is 7.68. The van der Waals surface area contributed by atoms with E-state index >= 15 is 0 Å². The number of halogens is 6. The van der Waals surface area contributed by atoms with Crippen molar-refractivity contribution in [2.45, 2.75) is 30.7 Å². The summed E-state index contributed by atoms with van der Waals surface area (Å²) in [7, 11) is -4.61. The molecule has 3 heterocycles. The van der Waals surface area contributed by atoms with Crippen molar-refractivity contribution in [2.75, 3.05) is 9.62 Å². The number of anilines is 3.